The average Bonchev–Trinajstić information content (AvgIpc) is 1.94. The van der Waals surface area contributed by atoms with Gasteiger partial charge < -0.3 is 5.11 Å². The summed E-state index contributed by atoms with van der Waals surface area (Å²) in [7, 11) is 0. The van der Waals surface area contributed by atoms with E-state index in [1.54, 1.807) is 6.92 Å². The second kappa shape index (κ2) is 4.28. The highest BCUT2D eigenvalue weighted by Crippen LogP contribution is 2.17. The fourth-order valence-electron chi connectivity index (χ4n) is 0.714. The van der Waals surface area contributed by atoms with Crippen molar-refractivity contribution < 1.29 is 9.90 Å². The maximum absolute atomic E-state index is 10.5. The van der Waals surface area contributed by atoms with Crippen LogP contribution in [0, 0.1) is 6.92 Å². The molecule has 0 spiro atoms. The molecule has 66 valence electrons. The average molecular weight is 208 g/mol. The summed E-state index contributed by atoms with van der Waals surface area (Å²) in [5.41, 5.74) is 0.630. The van der Waals surface area contributed by atoms with Crippen LogP contribution in [0.2, 0.25) is 5.02 Å². The van der Waals surface area contributed by atoms with Crippen LogP contribution in [0.5, 0.6) is 0 Å². The molecule has 0 saturated heterocycles. The Morgan fingerprint density at radius 1 is 1.67 bits per heavy atom. The second-order valence-electron chi connectivity index (χ2n) is 2.06. The zero-order chi connectivity index (χ0) is 8.43. The summed E-state index contributed by atoms with van der Waals surface area (Å²) in [4.78, 5) is 14.3. The lowest BCUT2D eigenvalue weighted by atomic mass is 10.2. The normalized spacial score (nSPS) is 8.83. The van der Waals surface area contributed by atoms with E-state index in [0.29, 0.717) is 5.69 Å². The van der Waals surface area contributed by atoms with Crippen molar-refractivity contribution >= 4 is 30.0 Å². The molecule has 0 unspecified atom stereocenters. The zero-order valence-electron chi connectivity index (χ0n) is 6.24. The minimum atomic E-state index is -1.03. The third-order valence-electron chi connectivity index (χ3n) is 1.29. The number of halogens is 2. The van der Waals surface area contributed by atoms with E-state index in [-0.39, 0.29) is 23.0 Å². The Bertz CT molecular complexity index is 301. The standard InChI is InChI=1S/C7H6ClNO2.ClH/c1-4-6(8)5(7(10)11)2-3-9-4;/h2-3H,1H3,(H,10,11);1H. The van der Waals surface area contributed by atoms with Gasteiger partial charge >= 0.3 is 5.97 Å². The number of hydrogen-bond acceptors (Lipinski definition) is 2. The molecule has 0 fully saturated rings. The van der Waals surface area contributed by atoms with Crippen LogP contribution in [-0.4, -0.2) is 16.1 Å². The molecule has 0 bridgehead atoms. The first-order chi connectivity index (χ1) is 5.13. The van der Waals surface area contributed by atoms with E-state index in [0.717, 1.165) is 0 Å². The quantitative estimate of drug-likeness (QED) is 0.769. The van der Waals surface area contributed by atoms with Gasteiger partial charge in [0.05, 0.1) is 16.3 Å². The molecule has 0 radical (unpaired) electrons. The number of carbonyl (C=O) groups is 1. The van der Waals surface area contributed by atoms with Crippen molar-refractivity contribution in [2.24, 2.45) is 0 Å². The van der Waals surface area contributed by atoms with Gasteiger partial charge in [0.25, 0.3) is 0 Å². The molecule has 1 heterocycles. The molecule has 1 aromatic rings. The van der Waals surface area contributed by atoms with E-state index < -0.39 is 5.97 Å². The van der Waals surface area contributed by atoms with E-state index >= 15 is 0 Å². The fraction of sp³-hybridized carbons (Fsp3) is 0.143. The number of carboxylic acid groups (broad SMARTS) is 1. The van der Waals surface area contributed by atoms with E-state index in [1.165, 1.54) is 12.3 Å². The lowest BCUT2D eigenvalue weighted by molar-refractivity contribution is 0.0697. The zero-order valence-corrected chi connectivity index (χ0v) is 7.82. The number of aromatic carboxylic acids is 1. The van der Waals surface area contributed by atoms with Gasteiger partial charge in [-0.1, -0.05) is 11.6 Å². The number of hydrogen-bond donors (Lipinski definition) is 1. The van der Waals surface area contributed by atoms with Gasteiger partial charge in [0.1, 0.15) is 0 Å². The summed E-state index contributed by atoms with van der Waals surface area (Å²) < 4.78 is 0. The molecule has 0 aromatic carbocycles. The molecule has 0 atom stereocenters. The summed E-state index contributed by atoms with van der Waals surface area (Å²) in [6.45, 7) is 1.66. The maximum atomic E-state index is 10.5. The van der Waals surface area contributed by atoms with Crippen LogP contribution in [0.3, 0.4) is 0 Å². The molecular formula is C7H7Cl2NO2. The highest BCUT2D eigenvalue weighted by Gasteiger charge is 2.09. The first-order valence-corrected chi connectivity index (χ1v) is 3.35. The minimum absolute atomic E-state index is 0. The van der Waals surface area contributed by atoms with Gasteiger partial charge in [-0.05, 0) is 13.0 Å². The summed E-state index contributed by atoms with van der Waals surface area (Å²) in [5.74, 6) is -1.03. The Hall–Kier alpha value is -0.800. The predicted octanol–water partition coefficient (Wildman–Crippen LogP) is 2.16. The Morgan fingerprint density at radius 3 is 2.67 bits per heavy atom. The van der Waals surface area contributed by atoms with Crippen molar-refractivity contribution in [1.29, 1.82) is 0 Å². The van der Waals surface area contributed by atoms with Crippen LogP contribution in [-0.2, 0) is 0 Å². The third-order valence-corrected chi connectivity index (χ3v) is 1.77. The summed E-state index contributed by atoms with van der Waals surface area (Å²) in [5, 5.41) is 8.79. The van der Waals surface area contributed by atoms with Crippen LogP contribution in [0.4, 0.5) is 0 Å². The van der Waals surface area contributed by atoms with Crippen molar-refractivity contribution in [3.63, 3.8) is 0 Å². The van der Waals surface area contributed by atoms with Crippen LogP contribution in [0.1, 0.15) is 16.1 Å². The van der Waals surface area contributed by atoms with E-state index in [1.807, 2.05) is 0 Å². The SMILES string of the molecule is Cc1nccc(C(=O)O)c1Cl.Cl. The topological polar surface area (TPSA) is 50.2 Å². The molecule has 0 aliphatic heterocycles. The van der Waals surface area contributed by atoms with Crippen molar-refractivity contribution in [2.75, 3.05) is 0 Å². The van der Waals surface area contributed by atoms with Crippen molar-refractivity contribution in [3.8, 4) is 0 Å². The minimum Gasteiger partial charge on any atom is -0.478 e. The maximum Gasteiger partial charge on any atom is 0.337 e. The van der Waals surface area contributed by atoms with Crippen LogP contribution < -0.4 is 0 Å². The van der Waals surface area contributed by atoms with Crippen molar-refractivity contribution in [1.82, 2.24) is 4.98 Å². The highest BCUT2D eigenvalue weighted by molar-refractivity contribution is 6.34. The first-order valence-electron chi connectivity index (χ1n) is 2.97. The summed E-state index contributed by atoms with van der Waals surface area (Å²) in [6, 6.07) is 1.37. The van der Waals surface area contributed by atoms with Crippen LogP contribution in [0.25, 0.3) is 0 Å². The molecule has 12 heavy (non-hydrogen) atoms. The van der Waals surface area contributed by atoms with Gasteiger partial charge in [0.15, 0.2) is 0 Å². The molecule has 1 rings (SSSR count). The molecule has 0 aliphatic rings. The Balaban J connectivity index is 0.00000121. The molecule has 0 saturated carbocycles. The van der Waals surface area contributed by atoms with E-state index in [4.69, 9.17) is 16.7 Å². The number of rotatable bonds is 1. The first kappa shape index (κ1) is 11.2. The highest BCUT2D eigenvalue weighted by atomic mass is 35.5. The fourth-order valence-corrected chi connectivity index (χ4v) is 0.906. The second-order valence-corrected chi connectivity index (χ2v) is 2.44. The summed E-state index contributed by atoms with van der Waals surface area (Å²) in [6.07, 6.45) is 1.42. The summed E-state index contributed by atoms with van der Waals surface area (Å²) >= 11 is 5.64. The Kier molecular flexibility index (Phi) is 4.00. The molecule has 5 heteroatoms. The van der Waals surface area contributed by atoms with Gasteiger partial charge in [-0.3, -0.25) is 4.98 Å². The number of carboxylic acids is 1. The number of aromatic nitrogens is 1. The largest absolute Gasteiger partial charge is 0.478 e. The molecule has 1 N–H and O–H groups in total. The van der Waals surface area contributed by atoms with Crippen LogP contribution in [0.15, 0.2) is 12.3 Å². The molecule has 3 nitrogen and oxygen atoms in total. The van der Waals surface area contributed by atoms with Gasteiger partial charge in [0, 0.05) is 6.20 Å². The van der Waals surface area contributed by atoms with Gasteiger partial charge in [-0.15, -0.1) is 12.4 Å². The molecule has 1 aromatic heterocycles. The van der Waals surface area contributed by atoms with Crippen molar-refractivity contribution in [3.05, 3.63) is 28.5 Å². The van der Waals surface area contributed by atoms with Crippen LogP contribution >= 0.6 is 24.0 Å². The van der Waals surface area contributed by atoms with Gasteiger partial charge in [-0.25, -0.2) is 4.79 Å². The molecule has 0 amide bonds. The number of pyridine rings is 1. The van der Waals surface area contributed by atoms with Gasteiger partial charge in [-0.2, -0.15) is 0 Å². The Labute approximate surface area is 80.8 Å². The van der Waals surface area contributed by atoms with E-state index in [9.17, 15) is 4.79 Å². The third kappa shape index (κ3) is 2.09. The molecule has 0 aliphatic carbocycles. The number of nitrogens with zero attached hydrogens (tertiary/aromatic N) is 1. The predicted molar refractivity (Wildman–Crippen MR) is 48.2 cm³/mol. The monoisotopic (exact) mass is 207 g/mol. The lowest BCUT2D eigenvalue weighted by Crippen LogP contribution is -1.99. The smallest absolute Gasteiger partial charge is 0.337 e. The lowest BCUT2D eigenvalue weighted by Gasteiger charge is -1.99. The van der Waals surface area contributed by atoms with E-state index in [2.05, 4.69) is 4.98 Å². The molecular weight excluding hydrogens is 201 g/mol. The van der Waals surface area contributed by atoms with Gasteiger partial charge in [0.2, 0.25) is 0 Å². The van der Waals surface area contributed by atoms with Crippen molar-refractivity contribution in [2.45, 2.75) is 6.92 Å². The Morgan fingerprint density at radius 2 is 2.25 bits per heavy atom. The number of aryl methyl sites for hydroxylation is 1.